The first-order valence-corrected chi connectivity index (χ1v) is 9.58. The molecule has 148 valence electrons. The summed E-state index contributed by atoms with van der Waals surface area (Å²) in [5.74, 6) is -2.52. The summed E-state index contributed by atoms with van der Waals surface area (Å²) < 4.78 is 0. The van der Waals surface area contributed by atoms with E-state index in [1.165, 1.54) is 6.07 Å². The van der Waals surface area contributed by atoms with Crippen molar-refractivity contribution in [3.63, 3.8) is 0 Å². The fourth-order valence-electron chi connectivity index (χ4n) is 3.54. The molecule has 5 amide bonds. The van der Waals surface area contributed by atoms with E-state index in [2.05, 4.69) is 17.6 Å². The van der Waals surface area contributed by atoms with Crippen LogP contribution in [0.1, 0.15) is 72.6 Å². The Kier molecular flexibility index (Phi) is 5.87. The van der Waals surface area contributed by atoms with Crippen LogP contribution in [0.3, 0.4) is 0 Å². The number of benzene rings is 1. The van der Waals surface area contributed by atoms with Crippen LogP contribution in [0, 0.1) is 0 Å². The predicted molar refractivity (Wildman–Crippen MR) is 101 cm³/mol. The van der Waals surface area contributed by atoms with Crippen molar-refractivity contribution in [2.75, 3.05) is 5.32 Å². The van der Waals surface area contributed by atoms with Crippen LogP contribution in [0.15, 0.2) is 18.2 Å². The van der Waals surface area contributed by atoms with Gasteiger partial charge in [-0.3, -0.25) is 34.2 Å². The second-order valence-electron chi connectivity index (χ2n) is 7.03. The second kappa shape index (κ2) is 8.33. The lowest BCUT2D eigenvalue weighted by Gasteiger charge is -2.27. The zero-order chi connectivity index (χ0) is 20.3. The monoisotopic (exact) mass is 385 g/mol. The lowest BCUT2D eigenvalue weighted by atomic mass is 10.0. The molecule has 0 aliphatic carbocycles. The SMILES string of the molecule is CCCCCCC(=O)Nc1cccc2c1C(=O)N([C@H]1CCC(=O)NC1=O)C2=O. The third-order valence-electron chi connectivity index (χ3n) is 5.00. The maximum absolute atomic E-state index is 12.9. The minimum Gasteiger partial charge on any atom is -0.325 e. The number of hydrogen-bond donors (Lipinski definition) is 2. The van der Waals surface area contributed by atoms with Crippen LogP contribution >= 0.6 is 0 Å². The number of amides is 5. The van der Waals surface area contributed by atoms with Gasteiger partial charge in [-0.1, -0.05) is 32.3 Å². The molecule has 0 spiro atoms. The Morgan fingerprint density at radius 3 is 2.64 bits per heavy atom. The van der Waals surface area contributed by atoms with E-state index in [-0.39, 0.29) is 35.6 Å². The number of carbonyl (C=O) groups excluding carboxylic acids is 5. The number of fused-ring (bicyclic) bond motifs is 1. The van der Waals surface area contributed by atoms with E-state index < -0.39 is 29.7 Å². The third kappa shape index (κ3) is 3.81. The van der Waals surface area contributed by atoms with Crippen LogP contribution in [-0.4, -0.2) is 40.5 Å². The van der Waals surface area contributed by atoms with Crippen LogP contribution < -0.4 is 10.6 Å². The zero-order valence-corrected chi connectivity index (χ0v) is 15.7. The van der Waals surface area contributed by atoms with Crippen molar-refractivity contribution < 1.29 is 24.0 Å². The van der Waals surface area contributed by atoms with E-state index in [4.69, 9.17) is 0 Å². The minimum absolute atomic E-state index is 0.0607. The Hall–Kier alpha value is -3.03. The van der Waals surface area contributed by atoms with Crippen LogP contribution in [0.4, 0.5) is 5.69 Å². The molecule has 0 saturated carbocycles. The fraction of sp³-hybridized carbons (Fsp3) is 0.450. The van der Waals surface area contributed by atoms with Crippen molar-refractivity contribution in [2.45, 2.75) is 57.9 Å². The van der Waals surface area contributed by atoms with E-state index in [0.29, 0.717) is 6.42 Å². The Morgan fingerprint density at radius 2 is 1.93 bits per heavy atom. The molecule has 1 fully saturated rings. The van der Waals surface area contributed by atoms with E-state index in [9.17, 15) is 24.0 Å². The van der Waals surface area contributed by atoms with Gasteiger partial charge in [-0.25, -0.2) is 0 Å². The number of anilines is 1. The second-order valence-corrected chi connectivity index (χ2v) is 7.03. The molecule has 2 aliphatic heterocycles. The first-order chi connectivity index (χ1) is 13.4. The summed E-state index contributed by atoms with van der Waals surface area (Å²) in [6, 6.07) is 3.63. The highest BCUT2D eigenvalue weighted by Gasteiger charge is 2.45. The molecular formula is C20H23N3O5. The summed E-state index contributed by atoms with van der Waals surface area (Å²) in [6.45, 7) is 2.09. The third-order valence-corrected chi connectivity index (χ3v) is 5.00. The molecular weight excluding hydrogens is 362 g/mol. The number of rotatable bonds is 7. The van der Waals surface area contributed by atoms with Crippen molar-refractivity contribution in [3.8, 4) is 0 Å². The molecule has 0 radical (unpaired) electrons. The van der Waals surface area contributed by atoms with Crippen molar-refractivity contribution in [3.05, 3.63) is 29.3 Å². The van der Waals surface area contributed by atoms with Crippen LogP contribution in [0.2, 0.25) is 0 Å². The number of nitrogens with one attached hydrogen (secondary N) is 2. The quantitative estimate of drug-likeness (QED) is 0.551. The smallest absolute Gasteiger partial charge is 0.264 e. The molecule has 0 aromatic heterocycles. The first kappa shape index (κ1) is 19.7. The zero-order valence-electron chi connectivity index (χ0n) is 15.7. The average molecular weight is 385 g/mol. The molecule has 2 heterocycles. The van der Waals surface area contributed by atoms with Crippen molar-refractivity contribution >= 4 is 35.2 Å². The van der Waals surface area contributed by atoms with Gasteiger partial charge in [0.05, 0.1) is 16.8 Å². The molecule has 0 unspecified atom stereocenters. The maximum Gasteiger partial charge on any atom is 0.264 e. The Balaban J connectivity index is 1.77. The van der Waals surface area contributed by atoms with Crippen molar-refractivity contribution in [1.29, 1.82) is 0 Å². The van der Waals surface area contributed by atoms with Gasteiger partial charge in [-0.15, -0.1) is 0 Å². The van der Waals surface area contributed by atoms with Gasteiger partial charge < -0.3 is 5.32 Å². The van der Waals surface area contributed by atoms with Gasteiger partial charge in [-0.05, 0) is 25.0 Å². The summed E-state index contributed by atoms with van der Waals surface area (Å²) in [5.41, 5.74) is 0.517. The Labute approximate surface area is 162 Å². The van der Waals surface area contributed by atoms with Crippen LogP contribution in [0.25, 0.3) is 0 Å². The molecule has 0 bridgehead atoms. The standard InChI is InChI=1S/C20H23N3O5/c1-2-3-4-5-9-15(24)21-13-8-6-7-12-17(13)20(28)23(19(12)27)14-10-11-16(25)22-18(14)26/h6-8,14H,2-5,9-11H2,1H3,(H,21,24)(H,22,25,26)/t14-/m0/s1. The van der Waals surface area contributed by atoms with Gasteiger partial charge in [0, 0.05) is 12.8 Å². The molecule has 2 aliphatic rings. The molecule has 28 heavy (non-hydrogen) atoms. The lowest BCUT2D eigenvalue weighted by molar-refractivity contribution is -0.136. The first-order valence-electron chi connectivity index (χ1n) is 9.58. The molecule has 2 N–H and O–H groups in total. The summed E-state index contributed by atoms with van der Waals surface area (Å²) in [5, 5.41) is 4.88. The van der Waals surface area contributed by atoms with Gasteiger partial charge in [-0.2, -0.15) is 0 Å². The van der Waals surface area contributed by atoms with E-state index >= 15 is 0 Å². The van der Waals surface area contributed by atoms with Gasteiger partial charge in [0.15, 0.2) is 0 Å². The summed E-state index contributed by atoms with van der Waals surface area (Å²) in [4.78, 5) is 62.2. The Bertz CT molecular complexity index is 848. The van der Waals surface area contributed by atoms with Gasteiger partial charge >= 0.3 is 0 Å². The van der Waals surface area contributed by atoms with E-state index in [0.717, 1.165) is 30.6 Å². The molecule has 8 nitrogen and oxygen atoms in total. The molecule has 1 aromatic rings. The number of nitrogens with zero attached hydrogens (tertiary/aromatic N) is 1. The highest BCUT2D eigenvalue weighted by molar-refractivity contribution is 6.26. The highest BCUT2D eigenvalue weighted by Crippen LogP contribution is 2.32. The molecule has 1 saturated heterocycles. The minimum atomic E-state index is -1.03. The Morgan fingerprint density at radius 1 is 1.14 bits per heavy atom. The number of unbranched alkanes of at least 4 members (excludes halogenated alkanes) is 3. The van der Waals surface area contributed by atoms with Crippen molar-refractivity contribution in [2.24, 2.45) is 0 Å². The number of carbonyl (C=O) groups is 5. The summed E-state index contributed by atoms with van der Waals surface area (Å²) in [7, 11) is 0. The number of hydrogen-bond acceptors (Lipinski definition) is 5. The molecule has 1 aromatic carbocycles. The fourth-order valence-corrected chi connectivity index (χ4v) is 3.54. The van der Waals surface area contributed by atoms with Crippen molar-refractivity contribution in [1.82, 2.24) is 10.2 Å². The lowest BCUT2D eigenvalue weighted by Crippen LogP contribution is -2.54. The van der Waals surface area contributed by atoms with Crippen LogP contribution in [0.5, 0.6) is 0 Å². The molecule has 8 heteroatoms. The number of piperidine rings is 1. The molecule has 1 atom stereocenters. The maximum atomic E-state index is 12.9. The van der Waals surface area contributed by atoms with Gasteiger partial charge in [0.2, 0.25) is 17.7 Å². The summed E-state index contributed by atoms with van der Waals surface area (Å²) in [6.07, 6.45) is 4.33. The molecule has 3 rings (SSSR count). The average Bonchev–Trinajstić information content (AvgIpc) is 2.91. The topological polar surface area (TPSA) is 113 Å². The summed E-state index contributed by atoms with van der Waals surface area (Å²) >= 11 is 0. The van der Waals surface area contributed by atoms with Crippen LogP contribution in [-0.2, 0) is 14.4 Å². The largest absolute Gasteiger partial charge is 0.325 e. The highest BCUT2D eigenvalue weighted by atomic mass is 16.2. The number of imide groups is 2. The predicted octanol–water partition coefficient (Wildman–Crippen LogP) is 2.00. The van der Waals surface area contributed by atoms with E-state index in [1.54, 1.807) is 12.1 Å². The van der Waals surface area contributed by atoms with E-state index in [1.807, 2.05) is 0 Å². The van der Waals surface area contributed by atoms with Gasteiger partial charge in [0.1, 0.15) is 6.04 Å². The normalized spacial score (nSPS) is 18.9. The van der Waals surface area contributed by atoms with Gasteiger partial charge in [0.25, 0.3) is 11.8 Å².